The maximum Gasteiger partial charge on any atom is 0.497 e. The van der Waals surface area contributed by atoms with E-state index in [9.17, 15) is 14.9 Å². The summed E-state index contributed by atoms with van der Waals surface area (Å²) in [5.74, 6) is -0.272. The quantitative estimate of drug-likeness (QED) is 0.523. The summed E-state index contributed by atoms with van der Waals surface area (Å²) in [6, 6.07) is 4.19. The summed E-state index contributed by atoms with van der Waals surface area (Å²) >= 11 is 0. The minimum Gasteiger partial charge on any atom is -0.399 e. The number of rotatable bonds is 3. The van der Waals surface area contributed by atoms with Crippen molar-refractivity contribution in [3.8, 4) is 0 Å². The second-order valence-corrected chi connectivity index (χ2v) is 6.30. The number of amides is 1. The van der Waals surface area contributed by atoms with Gasteiger partial charge in [-0.05, 0) is 33.8 Å². The van der Waals surface area contributed by atoms with Crippen LogP contribution in [0.5, 0.6) is 0 Å². The molecule has 1 aromatic carbocycles. The van der Waals surface area contributed by atoms with Crippen LogP contribution in [0.1, 0.15) is 34.6 Å². The molecule has 1 aliphatic rings. The molecule has 0 saturated carbocycles. The largest absolute Gasteiger partial charge is 0.497 e. The van der Waals surface area contributed by atoms with Crippen molar-refractivity contribution in [3.05, 3.63) is 28.3 Å². The van der Waals surface area contributed by atoms with Crippen LogP contribution in [0.4, 0.5) is 11.4 Å². The molecule has 118 valence electrons. The summed E-state index contributed by atoms with van der Waals surface area (Å²) in [6.07, 6.45) is 0. The molecule has 0 bridgehead atoms. The summed E-state index contributed by atoms with van der Waals surface area (Å²) in [6.45, 7) is 8.94. The molecule has 0 unspecified atom stereocenters. The smallest absolute Gasteiger partial charge is 0.399 e. The lowest BCUT2D eigenvalue weighted by molar-refractivity contribution is -0.384. The lowest BCUT2D eigenvalue weighted by Gasteiger charge is -2.32. The molecule has 0 atom stereocenters. The van der Waals surface area contributed by atoms with E-state index in [0.717, 1.165) is 0 Å². The van der Waals surface area contributed by atoms with Gasteiger partial charge in [0.1, 0.15) is 0 Å². The van der Waals surface area contributed by atoms with Gasteiger partial charge in [-0.25, -0.2) is 0 Å². The molecule has 1 aliphatic heterocycles. The molecule has 22 heavy (non-hydrogen) atoms. The van der Waals surface area contributed by atoms with Gasteiger partial charge in [-0.2, -0.15) is 0 Å². The van der Waals surface area contributed by atoms with Crippen LogP contribution in [-0.4, -0.2) is 29.2 Å². The average molecular weight is 306 g/mol. The van der Waals surface area contributed by atoms with Crippen LogP contribution in [0.2, 0.25) is 0 Å². The molecule has 1 N–H and O–H groups in total. The standard InChI is InChI=1S/C14H19BN2O5/c1-9(18)16-12-7-6-10(17(19)20)8-11(12)15-21-13(2,3)14(4,5)22-15/h6-8H,1-5H3,(H,16,18). The topological polar surface area (TPSA) is 90.7 Å². The summed E-state index contributed by atoms with van der Waals surface area (Å²) in [5, 5.41) is 13.6. The molecule has 1 fully saturated rings. The first kappa shape index (κ1) is 16.4. The number of carbonyl (C=O) groups excluding carboxylic acids is 1. The van der Waals surface area contributed by atoms with Gasteiger partial charge in [0.15, 0.2) is 0 Å². The number of nitro groups is 1. The molecular formula is C14H19BN2O5. The Hall–Kier alpha value is -1.93. The van der Waals surface area contributed by atoms with E-state index >= 15 is 0 Å². The van der Waals surface area contributed by atoms with Crippen molar-refractivity contribution in [1.82, 2.24) is 0 Å². The van der Waals surface area contributed by atoms with E-state index in [4.69, 9.17) is 9.31 Å². The first-order valence-electron chi connectivity index (χ1n) is 6.95. The first-order chi connectivity index (χ1) is 10.0. The van der Waals surface area contributed by atoms with Crippen LogP contribution in [0, 0.1) is 10.1 Å². The third kappa shape index (κ3) is 2.98. The molecule has 1 heterocycles. The Morgan fingerprint density at radius 1 is 1.23 bits per heavy atom. The van der Waals surface area contributed by atoms with Crippen LogP contribution in [0.3, 0.4) is 0 Å². The lowest BCUT2D eigenvalue weighted by Crippen LogP contribution is -2.41. The van der Waals surface area contributed by atoms with E-state index in [0.29, 0.717) is 11.2 Å². The van der Waals surface area contributed by atoms with Gasteiger partial charge >= 0.3 is 7.12 Å². The Bertz CT molecular complexity index is 614. The van der Waals surface area contributed by atoms with Gasteiger partial charge in [0.25, 0.3) is 5.69 Å². The first-order valence-corrected chi connectivity index (χ1v) is 6.95. The molecule has 8 heteroatoms. The fourth-order valence-corrected chi connectivity index (χ4v) is 2.13. The molecule has 1 amide bonds. The maximum absolute atomic E-state index is 11.3. The molecule has 0 aromatic heterocycles. The Morgan fingerprint density at radius 3 is 2.23 bits per heavy atom. The van der Waals surface area contributed by atoms with E-state index in [1.807, 2.05) is 27.7 Å². The zero-order valence-electron chi connectivity index (χ0n) is 13.3. The van der Waals surface area contributed by atoms with Crippen molar-refractivity contribution in [1.29, 1.82) is 0 Å². The van der Waals surface area contributed by atoms with Crippen molar-refractivity contribution in [2.45, 2.75) is 45.8 Å². The monoisotopic (exact) mass is 306 g/mol. The molecule has 0 aliphatic carbocycles. The van der Waals surface area contributed by atoms with Crippen LogP contribution in [0.15, 0.2) is 18.2 Å². The number of carbonyl (C=O) groups is 1. The zero-order valence-corrected chi connectivity index (χ0v) is 13.3. The lowest BCUT2D eigenvalue weighted by atomic mass is 9.77. The number of nitrogens with zero attached hydrogens (tertiary/aromatic N) is 1. The molecule has 0 spiro atoms. The van der Waals surface area contributed by atoms with Crippen molar-refractivity contribution in [2.24, 2.45) is 0 Å². The summed E-state index contributed by atoms with van der Waals surface area (Å²) in [7, 11) is -0.785. The van der Waals surface area contributed by atoms with E-state index < -0.39 is 23.2 Å². The average Bonchev–Trinajstić information content (AvgIpc) is 2.57. The number of non-ortho nitro benzene ring substituents is 1. The highest BCUT2D eigenvalue weighted by Gasteiger charge is 2.52. The molecule has 2 rings (SSSR count). The fourth-order valence-electron chi connectivity index (χ4n) is 2.13. The van der Waals surface area contributed by atoms with Gasteiger partial charge in [-0.3, -0.25) is 14.9 Å². The Balaban J connectivity index is 2.46. The van der Waals surface area contributed by atoms with Gasteiger partial charge in [0.05, 0.1) is 16.1 Å². The number of benzene rings is 1. The van der Waals surface area contributed by atoms with Crippen LogP contribution < -0.4 is 10.8 Å². The zero-order chi connectivity index (χ0) is 16.7. The van der Waals surface area contributed by atoms with Crippen molar-refractivity contribution in [3.63, 3.8) is 0 Å². The second kappa shape index (κ2) is 5.37. The summed E-state index contributed by atoms with van der Waals surface area (Å²) < 4.78 is 11.8. The molecule has 0 radical (unpaired) electrons. The SMILES string of the molecule is CC(=O)Nc1ccc([N+](=O)[O-])cc1B1OC(C)(C)C(C)(C)O1. The van der Waals surface area contributed by atoms with Gasteiger partial charge in [-0.1, -0.05) is 0 Å². The number of hydrogen-bond donors (Lipinski definition) is 1. The van der Waals surface area contributed by atoms with Crippen molar-refractivity contribution < 1.29 is 19.0 Å². The second-order valence-electron chi connectivity index (χ2n) is 6.30. The predicted molar refractivity (Wildman–Crippen MR) is 83.1 cm³/mol. The van der Waals surface area contributed by atoms with Crippen molar-refractivity contribution in [2.75, 3.05) is 5.32 Å². The minimum atomic E-state index is -0.785. The van der Waals surface area contributed by atoms with Gasteiger partial charge < -0.3 is 14.6 Å². The molecule has 7 nitrogen and oxygen atoms in total. The molecule has 1 saturated heterocycles. The fraction of sp³-hybridized carbons (Fsp3) is 0.500. The normalized spacial score (nSPS) is 19.0. The third-order valence-electron chi connectivity index (χ3n) is 4.06. The summed E-state index contributed by atoms with van der Waals surface area (Å²) in [5.41, 5.74) is -0.357. The number of anilines is 1. The number of nitrogens with one attached hydrogen (secondary N) is 1. The number of hydrogen-bond acceptors (Lipinski definition) is 5. The molecular weight excluding hydrogens is 287 g/mol. The highest BCUT2D eigenvalue weighted by atomic mass is 16.7. The minimum absolute atomic E-state index is 0.0844. The van der Waals surface area contributed by atoms with Gasteiger partial charge in [0.2, 0.25) is 5.91 Å². The van der Waals surface area contributed by atoms with E-state index in [2.05, 4.69) is 5.32 Å². The summed E-state index contributed by atoms with van der Waals surface area (Å²) in [4.78, 5) is 21.8. The maximum atomic E-state index is 11.3. The van der Waals surface area contributed by atoms with Crippen molar-refractivity contribution >= 4 is 29.9 Å². The van der Waals surface area contributed by atoms with E-state index in [1.54, 1.807) is 0 Å². The Kier molecular flexibility index (Phi) is 4.01. The Morgan fingerprint density at radius 2 is 1.77 bits per heavy atom. The Labute approximate surface area is 129 Å². The predicted octanol–water partition coefficient (Wildman–Crippen LogP) is 1.85. The van der Waals surface area contributed by atoms with Gasteiger partial charge in [-0.15, -0.1) is 0 Å². The van der Waals surface area contributed by atoms with Crippen LogP contribution >= 0.6 is 0 Å². The van der Waals surface area contributed by atoms with Crippen LogP contribution in [0.25, 0.3) is 0 Å². The number of nitro benzene ring substituents is 1. The highest BCUT2D eigenvalue weighted by molar-refractivity contribution is 6.64. The van der Waals surface area contributed by atoms with E-state index in [1.165, 1.54) is 25.1 Å². The highest BCUT2D eigenvalue weighted by Crippen LogP contribution is 2.37. The van der Waals surface area contributed by atoms with Gasteiger partial charge in [0, 0.05) is 30.2 Å². The van der Waals surface area contributed by atoms with E-state index in [-0.39, 0.29) is 11.6 Å². The molecule has 1 aromatic rings. The third-order valence-corrected chi connectivity index (χ3v) is 4.06. The van der Waals surface area contributed by atoms with Crippen LogP contribution in [-0.2, 0) is 14.1 Å².